The minimum atomic E-state index is -0.986. The van der Waals surface area contributed by atoms with Crippen LogP contribution in [0.4, 0.5) is 0 Å². The molecule has 0 saturated carbocycles. The van der Waals surface area contributed by atoms with E-state index in [4.69, 9.17) is 16.7 Å². The van der Waals surface area contributed by atoms with Crippen LogP contribution in [0.3, 0.4) is 0 Å². The number of benzene rings is 2. The summed E-state index contributed by atoms with van der Waals surface area (Å²) < 4.78 is 0. The van der Waals surface area contributed by atoms with Crippen molar-refractivity contribution in [3.8, 4) is 17.3 Å². The molecule has 0 spiro atoms. The molecule has 1 heterocycles. The Morgan fingerprint density at radius 2 is 1.85 bits per heavy atom. The second-order valence-corrected chi connectivity index (χ2v) is 6.90. The van der Waals surface area contributed by atoms with Crippen molar-refractivity contribution in [2.75, 3.05) is 0 Å². The number of nitriles is 1. The van der Waals surface area contributed by atoms with Crippen LogP contribution in [0, 0.1) is 11.3 Å². The fourth-order valence-electron chi connectivity index (χ4n) is 2.34. The van der Waals surface area contributed by atoms with Gasteiger partial charge in [-0.3, -0.25) is 4.79 Å². The normalized spacial score (nSPS) is 10.4. The fraction of sp³-hybridized carbons (Fsp3) is 0.0526. The van der Waals surface area contributed by atoms with Gasteiger partial charge in [0.25, 0.3) is 5.56 Å². The molecule has 8 heteroatoms. The summed E-state index contributed by atoms with van der Waals surface area (Å²) in [6, 6.07) is 15.1. The number of nitrogens with one attached hydrogen (secondary N) is 1. The van der Waals surface area contributed by atoms with Crippen molar-refractivity contribution in [1.29, 1.82) is 5.26 Å². The number of aromatic amines is 1. The molecule has 0 aliphatic carbocycles. The van der Waals surface area contributed by atoms with E-state index in [0.29, 0.717) is 27.2 Å². The largest absolute Gasteiger partial charge is 0.478 e. The van der Waals surface area contributed by atoms with E-state index < -0.39 is 11.5 Å². The van der Waals surface area contributed by atoms with Gasteiger partial charge in [0.1, 0.15) is 11.6 Å². The van der Waals surface area contributed by atoms with Crippen molar-refractivity contribution < 1.29 is 9.90 Å². The quantitative estimate of drug-likeness (QED) is 0.498. The molecule has 2 aromatic carbocycles. The first kappa shape index (κ1) is 18.7. The smallest absolute Gasteiger partial charge is 0.335 e. The molecule has 1 aromatic heterocycles. The van der Waals surface area contributed by atoms with E-state index in [1.807, 2.05) is 6.07 Å². The van der Waals surface area contributed by atoms with E-state index in [-0.39, 0.29) is 11.1 Å². The molecule has 134 valence electrons. The number of halogens is 1. The van der Waals surface area contributed by atoms with Crippen molar-refractivity contribution in [2.24, 2.45) is 0 Å². The minimum Gasteiger partial charge on any atom is -0.478 e. The molecule has 2 N–H and O–H groups in total. The summed E-state index contributed by atoms with van der Waals surface area (Å²) in [4.78, 5) is 30.1. The predicted molar refractivity (Wildman–Crippen MR) is 103 cm³/mol. The average Bonchev–Trinajstić information content (AvgIpc) is 2.67. The van der Waals surface area contributed by atoms with Gasteiger partial charge >= 0.3 is 5.97 Å². The number of H-pyrrole nitrogens is 1. The van der Waals surface area contributed by atoms with Gasteiger partial charge in [0.15, 0.2) is 5.16 Å². The van der Waals surface area contributed by atoms with Gasteiger partial charge in [-0.2, -0.15) is 5.26 Å². The number of carbonyl (C=O) groups is 1. The van der Waals surface area contributed by atoms with Crippen molar-refractivity contribution in [3.05, 3.63) is 80.6 Å². The lowest BCUT2D eigenvalue weighted by molar-refractivity contribution is 0.0697. The number of aromatic nitrogens is 2. The van der Waals surface area contributed by atoms with Crippen LogP contribution in [0.2, 0.25) is 5.02 Å². The molecule has 3 aromatic rings. The molecule has 0 bridgehead atoms. The van der Waals surface area contributed by atoms with Gasteiger partial charge < -0.3 is 10.1 Å². The maximum absolute atomic E-state index is 12.2. The van der Waals surface area contributed by atoms with Gasteiger partial charge in [-0.25, -0.2) is 9.78 Å². The molecule has 27 heavy (non-hydrogen) atoms. The van der Waals surface area contributed by atoms with Gasteiger partial charge in [0.2, 0.25) is 0 Å². The SMILES string of the molecule is N#Cc1c(-c2ccc(Cl)cc2)nc(SCc2ccc(C(=O)O)cc2)[nH]c1=O. The summed E-state index contributed by atoms with van der Waals surface area (Å²) >= 11 is 7.17. The van der Waals surface area contributed by atoms with Crippen LogP contribution < -0.4 is 5.56 Å². The Balaban J connectivity index is 1.88. The van der Waals surface area contributed by atoms with E-state index in [1.165, 1.54) is 23.9 Å². The highest BCUT2D eigenvalue weighted by Crippen LogP contribution is 2.25. The molecule has 0 unspecified atom stereocenters. The minimum absolute atomic E-state index is 0.0625. The Morgan fingerprint density at radius 3 is 2.44 bits per heavy atom. The van der Waals surface area contributed by atoms with Gasteiger partial charge in [-0.05, 0) is 29.8 Å². The summed E-state index contributed by atoms with van der Waals surface area (Å²) in [6.07, 6.45) is 0. The first-order valence-corrected chi connectivity index (χ1v) is 9.09. The average molecular weight is 398 g/mol. The number of rotatable bonds is 5. The van der Waals surface area contributed by atoms with Crippen molar-refractivity contribution in [3.63, 3.8) is 0 Å². The molecule has 6 nitrogen and oxygen atoms in total. The topological polar surface area (TPSA) is 107 Å². The van der Waals surface area contributed by atoms with Crippen LogP contribution >= 0.6 is 23.4 Å². The number of thioether (sulfide) groups is 1. The summed E-state index contributed by atoms with van der Waals surface area (Å²) in [5.74, 6) is -0.505. The van der Waals surface area contributed by atoms with Crippen LogP contribution in [0.25, 0.3) is 11.3 Å². The van der Waals surface area contributed by atoms with Crippen LogP contribution in [0.1, 0.15) is 21.5 Å². The van der Waals surface area contributed by atoms with E-state index in [1.54, 1.807) is 36.4 Å². The van der Waals surface area contributed by atoms with E-state index in [0.717, 1.165) is 5.56 Å². The third kappa shape index (κ3) is 4.37. The lowest BCUT2D eigenvalue weighted by atomic mass is 10.1. The zero-order valence-electron chi connectivity index (χ0n) is 13.8. The molecular weight excluding hydrogens is 386 g/mol. The Morgan fingerprint density at radius 1 is 1.19 bits per heavy atom. The number of carboxylic acid groups (broad SMARTS) is 1. The maximum atomic E-state index is 12.2. The summed E-state index contributed by atoms with van der Waals surface area (Å²) in [7, 11) is 0. The summed E-state index contributed by atoms with van der Waals surface area (Å²) in [5, 5.41) is 19.1. The molecule has 0 fully saturated rings. The van der Waals surface area contributed by atoms with Gasteiger partial charge in [0.05, 0.1) is 11.3 Å². The molecule has 0 aliphatic rings. The third-order valence-corrected chi connectivity index (χ3v) is 4.90. The van der Waals surface area contributed by atoms with E-state index >= 15 is 0 Å². The predicted octanol–water partition coefficient (Wildman–Crippen LogP) is 3.95. The number of carboxylic acids is 1. The molecule has 3 rings (SSSR count). The molecule has 0 radical (unpaired) electrons. The zero-order valence-corrected chi connectivity index (χ0v) is 15.3. The summed E-state index contributed by atoms with van der Waals surface area (Å²) in [5.41, 5.74) is 1.42. The van der Waals surface area contributed by atoms with Crippen molar-refractivity contribution >= 4 is 29.3 Å². The fourth-order valence-corrected chi connectivity index (χ4v) is 3.28. The van der Waals surface area contributed by atoms with Gasteiger partial charge in [-0.15, -0.1) is 0 Å². The molecule has 0 aliphatic heterocycles. The first-order valence-electron chi connectivity index (χ1n) is 7.73. The van der Waals surface area contributed by atoms with Gasteiger partial charge in [0, 0.05) is 16.3 Å². The Hall–Kier alpha value is -3.08. The number of aromatic carboxylic acids is 1. The van der Waals surface area contributed by atoms with E-state index in [9.17, 15) is 14.9 Å². The summed E-state index contributed by atoms with van der Waals surface area (Å²) in [6.45, 7) is 0. The van der Waals surface area contributed by atoms with Crippen molar-refractivity contribution in [1.82, 2.24) is 9.97 Å². The second kappa shape index (κ2) is 8.08. The lowest BCUT2D eigenvalue weighted by Crippen LogP contribution is -2.14. The number of nitrogens with zero attached hydrogens (tertiary/aromatic N) is 2. The standard InChI is InChI=1S/C19H12ClN3O3S/c20-14-7-5-12(6-8-14)16-15(9-21)17(24)23-19(22-16)27-10-11-1-3-13(4-2-11)18(25)26/h1-8H,10H2,(H,25,26)(H,22,23,24). The molecule has 0 saturated heterocycles. The Bertz CT molecular complexity index is 1090. The lowest BCUT2D eigenvalue weighted by Gasteiger charge is -2.07. The molecular formula is C19H12ClN3O3S. The molecule has 0 amide bonds. The Kier molecular flexibility index (Phi) is 5.60. The monoisotopic (exact) mass is 397 g/mol. The molecule has 0 atom stereocenters. The highest BCUT2D eigenvalue weighted by atomic mass is 35.5. The highest BCUT2D eigenvalue weighted by Gasteiger charge is 2.14. The number of hydrogen-bond acceptors (Lipinski definition) is 5. The van der Waals surface area contributed by atoms with Crippen LogP contribution in [-0.2, 0) is 5.75 Å². The van der Waals surface area contributed by atoms with Crippen LogP contribution in [0.15, 0.2) is 58.5 Å². The van der Waals surface area contributed by atoms with Crippen LogP contribution in [-0.4, -0.2) is 21.0 Å². The Labute approximate surface area is 163 Å². The highest BCUT2D eigenvalue weighted by molar-refractivity contribution is 7.98. The van der Waals surface area contributed by atoms with Crippen molar-refractivity contribution in [2.45, 2.75) is 10.9 Å². The number of hydrogen-bond donors (Lipinski definition) is 2. The zero-order chi connectivity index (χ0) is 19.4. The maximum Gasteiger partial charge on any atom is 0.335 e. The van der Waals surface area contributed by atoms with E-state index in [2.05, 4.69) is 9.97 Å². The third-order valence-electron chi connectivity index (χ3n) is 3.70. The second-order valence-electron chi connectivity index (χ2n) is 5.50. The first-order chi connectivity index (χ1) is 13.0. The van der Waals surface area contributed by atoms with Gasteiger partial charge in [-0.1, -0.05) is 47.6 Å². The van der Waals surface area contributed by atoms with Crippen LogP contribution in [0.5, 0.6) is 0 Å².